The zero-order chi connectivity index (χ0) is 13.1. The lowest BCUT2D eigenvalue weighted by molar-refractivity contribution is 0.498. The van der Waals surface area contributed by atoms with Crippen LogP contribution in [-0.2, 0) is 0 Å². The van der Waals surface area contributed by atoms with Gasteiger partial charge in [0, 0.05) is 0 Å². The minimum atomic E-state index is 0.837. The third kappa shape index (κ3) is 6.58. The van der Waals surface area contributed by atoms with Gasteiger partial charge in [0.25, 0.3) is 0 Å². The predicted molar refractivity (Wildman–Crippen MR) is 84.6 cm³/mol. The molecule has 0 spiro atoms. The van der Waals surface area contributed by atoms with Crippen LogP contribution in [0.15, 0.2) is 16.8 Å². The van der Waals surface area contributed by atoms with Crippen LogP contribution in [0.1, 0.15) is 89.5 Å². The summed E-state index contributed by atoms with van der Waals surface area (Å²) in [5, 5.41) is 4.60. The Bertz CT molecular complexity index is 263. The molecular formula is C17H30S. The molecule has 0 aromatic carbocycles. The fourth-order valence-electron chi connectivity index (χ4n) is 2.62. The van der Waals surface area contributed by atoms with Crippen LogP contribution in [0.5, 0.6) is 0 Å². The fraction of sp³-hybridized carbons (Fsp3) is 0.765. The maximum absolute atomic E-state index is 2.36. The van der Waals surface area contributed by atoms with Crippen molar-refractivity contribution in [2.45, 2.75) is 84.0 Å². The summed E-state index contributed by atoms with van der Waals surface area (Å²) in [5.41, 5.74) is 1.60. The molecule has 0 N–H and O–H groups in total. The molecule has 1 aromatic heterocycles. The molecule has 1 heteroatoms. The van der Waals surface area contributed by atoms with E-state index in [2.05, 4.69) is 30.7 Å². The zero-order valence-electron chi connectivity index (χ0n) is 12.3. The largest absolute Gasteiger partial charge is 0.152 e. The van der Waals surface area contributed by atoms with Gasteiger partial charge in [-0.15, -0.1) is 0 Å². The van der Waals surface area contributed by atoms with E-state index in [1.165, 1.54) is 64.2 Å². The number of hydrogen-bond donors (Lipinski definition) is 0. The van der Waals surface area contributed by atoms with Crippen molar-refractivity contribution in [3.63, 3.8) is 0 Å². The van der Waals surface area contributed by atoms with Gasteiger partial charge in [-0.2, -0.15) is 11.3 Å². The van der Waals surface area contributed by atoms with E-state index in [0.717, 1.165) is 5.92 Å². The Morgan fingerprint density at radius 1 is 0.889 bits per heavy atom. The first-order chi connectivity index (χ1) is 8.88. The molecule has 0 aliphatic rings. The molecular weight excluding hydrogens is 236 g/mol. The van der Waals surface area contributed by atoms with Crippen molar-refractivity contribution in [2.24, 2.45) is 0 Å². The van der Waals surface area contributed by atoms with Gasteiger partial charge < -0.3 is 0 Å². The van der Waals surface area contributed by atoms with Crippen LogP contribution >= 0.6 is 11.3 Å². The smallest absolute Gasteiger partial charge is 0.00584 e. The van der Waals surface area contributed by atoms with Gasteiger partial charge in [-0.25, -0.2) is 0 Å². The maximum atomic E-state index is 2.36. The van der Waals surface area contributed by atoms with Crippen LogP contribution in [0.4, 0.5) is 0 Å². The molecule has 0 saturated heterocycles. The van der Waals surface area contributed by atoms with E-state index in [0.29, 0.717) is 0 Å². The van der Waals surface area contributed by atoms with Gasteiger partial charge in [0.15, 0.2) is 0 Å². The van der Waals surface area contributed by atoms with E-state index in [1.807, 2.05) is 11.3 Å². The minimum Gasteiger partial charge on any atom is -0.152 e. The Balaban J connectivity index is 2.26. The summed E-state index contributed by atoms with van der Waals surface area (Å²) in [6, 6.07) is 2.34. The highest BCUT2D eigenvalue weighted by atomic mass is 32.1. The molecule has 1 atom stereocenters. The Morgan fingerprint density at radius 2 is 1.50 bits per heavy atom. The quantitative estimate of drug-likeness (QED) is 0.387. The van der Waals surface area contributed by atoms with E-state index in [-0.39, 0.29) is 0 Å². The first kappa shape index (κ1) is 15.8. The van der Waals surface area contributed by atoms with E-state index < -0.39 is 0 Å². The van der Waals surface area contributed by atoms with Gasteiger partial charge in [0.2, 0.25) is 0 Å². The van der Waals surface area contributed by atoms with Gasteiger partial charge in [0.05, 0.1) is 0 Å². The molecule has 104 valence electrons. The van der Waals surface area contributed by atoms with Crippen LogP contribution in [0.2, 0.25) is 0 Å². The molecule has 0 bridgehead atoms. The highest BCUT2D eigenvalue weighted by molar-refractivity contribution is 7.07. The summed E-state index contributed by atoms with van der Waals surface area (Å²) >= 11 is 1.85. The second-order valence-electron chi connectivity index (χ2n) is 5.45. The van der Waals surface area contributed by atoms with Crippen LogP contribution in [0.3, 0.4) is 0 Å². The Labute approximate surface area is 118 Å². The van der Waals surface area contributed by atoms with Crippen molar-refractivity contribution >= 4 is 11.3 Å². The van der Waals surface area contributed by atoms with Crippen LogP contribution in [0.25, 0.3) is 0 Å². The topological polar surface area (TPSA) is 0 Å². The van der Waals surface area contributed by atoms with Crippen molar-refractivity contribution in [1.82, 2.24) is 0 Å². The molecule has 0 unspecified atom stereocenters. The molecule has 0 radical (unpaired) electrons. The molecule has 0 nitrogen and oxygen atoms in total. The van der Waals surface area contributed by atoms with Crippen molar-refractivity contribution in [2.75, 3.05) is 0 Å². The van der Waals surface area contributed by atoms with Gasteiger partial charge in [-0.05, 0) is 41.1 Å². The lowest BCUT2D eigenvalue weighted by Crippen LogP contribution is -1.98. The second kappa shape index (κ2) is 10.6. The van der Waals surface area contributed by atoms with Gasteiger partial charge in [-0.1, -0.05) is 65.2 Å². The zero-order valence-corrected chi connectivity index (χ0v) is 13.1. The van der Waals surface area contributed by atoms with Crippen LogP contribution < -0.4 is 0 Å². The summed E-state index contributed by atoms with van der Waals surface area (Å²) in [4.78, 5) is 0. The second-order valence-corrected chi connectivity index (χ2v) is 6.23. The van der Waals surface area contributed by atoms with Crippen molar-refractivity contribution in [1.29, 1.82) is 0 Å². The third-order valence-corrected chi connectivity index (χ3v) is 4.53. The van der Waals surface area contributed by atoms with Gasteiger partial charge in [0.1, 0.15) is 0 Å². The molecule has 0 aliphatic carbocycles. The van der Waals surface area contributed by atoms with E-state index in [1.54, 1.807) is 5.56 Å². The van der Waals surface area contributed by atoms with Crippen LogP contribution in [0, 0.1) is 0 Å². The third-order valence-electron chi connectivity index (χ3n) is 3.83. The van der Waals surface area contributed by atoms with Gasteiger partial charge >= 0.3 is 0 Å². The first-order valence-electron chi connectivity index (χ1n) is 7.90. The monoisotopic (exact) mass is 266 g/mol. The molecule has 0 amide bonds. The standard InChI is InChI=1S/C17H30S/c1-3-5-7-8-10-12-16(11-9-6-4-2)17-13-14-18-15-17/h13-16H,3-12H2,1-2H3/t16-/m1/s1. The molecule has 1 heterocycles. The van der Waals surface area contributed by atoms with E-state index >= 15 is 0 Å². The summed E-state index contributed by atoms with van der Waals surface area (Å²) in [5.74, 6) is 0.837. The summed E-state index contributed by atoms with van der Waals surface area (Å²) in [6.07, 6.45) is 14.0. The van der Waals surface area contributed by atoms with Crippen molar-refractivity contribution in [3.8, 4) is 0 Å². The predicted octanol–water partition coefficient (Wildman–Crippen LogP) is 6.77. The maximum Gasteiger partial charge on any atom is -0.00584 e. The molecule has 0 aliphatic heterocycles. The number of hydrogen-bond acceptors (Lipinski definition) is 1. The fourth-order valence-corrected chi connectivity index (χ4v) is 3.36. The summed E-state index contributed by atoms with van der Waals surface area (Å²) in [7, 11) is 0. The highest BCUT2D eigenvalue weighted by Crippen LogP contribution is 2.29. The number of thiophene rings is 1. The molecule has 18 heavy (non-hydrogen) atoms. The highest BCUT2D eigenvalue weighted by Gasteiger charge is 2.11. The average Bonchev–Trinajstić information content (AvgIpc) is 2.90. The lowest BCUT2D eigenvalue weighted by Gasteiger charge is -2.15. The lowest BCUT2D eigenvalue weighted by atomic mass is 9.90. The number of unbranched alkanes of at least 4 members (excludes halogenated alkanes) is 6. The van der Waals surface area contributed by atoms with Gasteiger partial charge in [-0.3, -0.25) is 0 Å². The molecule has 1 aromatic rings. The molecule has 1 rings (SSSR count). The Kier molecular flexibility index (Phi) is 9.28. The SMILES string of the molecule is CCCCCCC[C@@H](CCCCC)c1ccsc1. The Hall–Kier alpha value is -0.300. The van der Waals surface area contributed by atoms with Crippen molar-refractivity contribution in [3.05, 3.63) is 22.4 Å². The molecule has 0 saturated carbocycles. The normalized spacial score (nSPS) is 12.8. The minimum absolute atomic E-state index is 0.837. The first-order valence-corrected chi connectivity index (χ1v) is 8.84. The summed E-state index contributed by atoms with van der Waals surface area (Å²) in [6.45, 7) is 4.59. The molecule has 0 fully saturated rings. The van der Waals surface area contributed by atoms with E-state index in [4.69, 9.17) is 0 Å². The van der Waals surface area contributed by atoms with Crippen molar-refractivity contribution < 1.29 is 0 Å². The average molecular weight is 266 g/mol. The van der Waals surface area contributed by atoms with Crippen LogP contribution in [-0.4, -0.2) is 0 Å². The Morgan fingerprint density at radius 3 is 2.11 bits per heavy atom. The van der Waals surface area contributed by atoms with E-state index in [9.17, 15) is 0 Å². The summed E-state index contributed by atoms with van der Waals surface area (Å²) < 4.78 is 0. The number of rotatable bonds is 11.